The van der Waals surface area contributed by atoms with Crippen LogP contribution in [0.25, 0.3) is 0 Å². The molecule has 1 aromatic heterocycles. The monoisotopic (exact) mass is 306 g/mol. The number of amides is 1. The second-order valence-electron chi connectivity index (χ2n) is 5.02. The van der Waals surface area contributed by atoms with E-state index in [1.54, 1.807) is 35.4 Å². The third kappa shape index (κ3) is 3.42. The first-order chi connectivity index (χ1) is 10.0. The number of thiophene rings is 1. The molecule has 0 saturated carbocycles. The minimum atomic E-state index is -0.414. The summed E-state index contributed by atoms with van der Waals surface area (Å²) < 4.78 is 13.8. The number of hydrogen-bond acceptors (Lipinski definition) is 3. The Morgan fingerprint density at radius 2 is 2.10 bits per heavy atom. The lowest BCUT2D eigenvalue weighted by Gasteiger charge is -2.27. The highest BCUT2D eigenvalue weighted by Gasteiger charge is 2.23. The second-order valence-corrected chi connectivity index (χ2v) is 6.05. The summed E-state index contributed by atoms with van der Waals surface area (Å²) in [5, 5.41) is 4.76. The third-order valence-corrected chi connectivity index (χ3v) is 4.15. The van der Waals surface area contributed by atoms with E-state index in [1.165, 1.54) is 6.07 Å². The van der Waals surface area contributed by atoms with E-state index in [4.69, 9.17) is 0 Å². The van der Waals surface area contributed by atoms with Crippen LogP contribution in [0.15, 0.2) is 35.7 Å². The molecule has 0 unspecified atom stereocenters. The fraction of sp³-hybridized carbons (Fsp3) is 0.312. The summed E-state index contributed by atoms with van der Waals surface area (Å²) in [6.45, 7) is 4.46. The molecule has 2 aromatic rings. The van der Waals surface area contributed by atoms with E-state index in [0.29, 0.717) is 12.1 Å². The molecule has 0 spiro atoms. The zero-order valence-corrected chi connectivity index (χ0v) is 13.2. The number of halogens is 1. The van der Waals surface area contributed by atoms with Gasteiger partial charge in [0, 0.05) is 18.0 Å². The van der Waals surface area contributed by atoms with E-state index in [2.05, 4.69) is 5.32 Å². The molecule has 0 fully saturated rings. The summed E-state index contributed by atoms with van der Waals surface area (Å²) in [4.78, 5) is 15.6. The van der Waals surface area contributed by atoms with Gasteiger partial charge in [-0.15, -0.1) is 11.3 Å². The van der Waals surface area contributed by atoms with E-state index in [-0.39, 0.29) is 17.6 Å². The van der Waals surface area contributed by atoms with Crippen LogP contribution in [0.3, 0.4) is 0 Å². The highest BCUT2D eigenvalue weighted by Crippen LogP contribution is 2.23. The molecule has 0 aliphatic heterocycles. The second kappa shape index (κ2) is 6.72. The summed E-state index contributed by atoms with van der Waals surface area (Å²) in [7, 11) is 1.62. The molecule has 0 bridgehead atoms. The average Bonchev–Trinajstić information content (AvgIpc) is 2.96. The molecule has 1 aromatic carbocycles. The Kier molecular flexibility index (Phi) is 4.96. The Morgan fingerprint density at radius 1 is 1.33 bits per heavy atom. The molecule has 0 aliphatic rings. The molecule has 3 nitrogen and oxygen atoms in total. The van der Waals surface area contributed by atoms with Gasteiger partial charge in [0.2, 0.25) is 0 Å². The molecule has 0 saturated heterocycles. The Morgan fingerprint density at radius 3 is 2.67 bits per heavy atom. The zero-order valence-electron chi connectivity index (χ0n) is 12.4. The molecule has 1 heterocycles. The number of carbonyl (C=O) groups is 1. The van der Waals surface area contributed by atoms with Crippen molar-refractivity contribution in [1.29, 1.82) is 0 Å². The van der Waals surface area contributed by atoms with Crippen LogP contribution in [-0.2, 0) is 6.54 Å². The van der Waals surface area contributed by atoms with Crippen LogP contribution >= 0.6 is 11.3 Å². The van der Waals surface area contributed by atoms with Gasteiger partial charge >= 0.3 is 0 Å². The lowest BCUT2D eigenvalue weighted by atomic mass is 10.1. The predicted octanol–water partition coefficient (Wildman–Crippen LogP) is 3.98. The van der Waals surface area contributed by atoms with Gasteiger partial charge < -0.3 is 10.2 Å². The normalized spacial score (nSPS) is 10.7. The molecule has 112 valence electrons. The van der Waals surface area contributed by atoms with Crippen LogP contribution in [-0.4, -0.2) is 23.9 Å². The molecule has 0 atom stereocenters. The quantitative estimate of drug-likeness (QED) is 0.906. The number of nitrogens with one attached hydrogen (secondary N) is 1. The van der Waals surface area contributed by atoms with Gasteiger partial charge in [-0.2, -0.15) is 0 Å². The van der Waals surface area contributed by atoms with Crippen LogP contribution < -0.4 is 5.32 Å². The number of rotatable bonds is 5. The summed E-state index contributed by atoms with van der Waals surface area (Å²) in [6.07, 6.45) is 0. The topological polar surface area (TPSA) is 32.3 Å². The number of anilines is 1. The molecule has 2 rings (SSSR count). The van der Waals surface area contributed by atoms with Crippen molar-refractivity contribution in [1.82, 2.24) is 4.90 Å². The maximum Gasteiger partial charge on any atom is 0.256 e. The van der Waals surface area contributed by atoms with Gasteiger partial charge in [0.15, 0.2) is 0 Å². The van der Waals surface area contributed by atoms with Crippen molar-refractivity contribution >= 4 is 22.9 Å². The van der Waals surface area contributed by atoms with Crippen molar-refractivity contribution in [2.24, 2.45) is 0 Å². The van der Waals surface area contributed by atoms with Crippen LogP contribution in [0.2, 0.25) is 0 Å². The highest BCUT2D eigenvalue weighted by molar-refractivity contribution is 7.09. The fourth-order valence-corrected chi connectivity index (χ4v) is 2.87. The van der Waals surface area contributed by atoms with Gasteiger partial charge in [0.25, 0.3) is 5.91 Å². The summed E-state index contributed by atoms with van der Waals surface area (Å²) in [5.41, 5.74) is 0.613. The first kappa shape index (κ1) is 15.5. The summed E-state index contributed by atoms with van der Waals surface area (Å²) in [6, 6.07) is 8.56. The van der Waals surface area contributed by atoms with Gasteiger partial charge in [-0.25, -0.2) is 4.39 Å². The first-order valence-corrected chi connectivity index (χ1v) is 7.72. The minimum absolute atomic E-state index is 0.0348. The van der Waals surface area contributed by atoms with Crippen molar-refractivity contribution in [2.45, 2.75) is 26.4 Å². The van der Waals surface area contributed by atoms with Gasteiger partial charge in [-0.1, -0.05) is 12.1 Å². The Bertz CT molecular complexity index is 611. The summed E-state index contributed by atoms with van der Waals surface area (Å²) in [5.74, 6) is -0.578. The van der Waals surface area contributed by atoms with Gasteiger partial charge in [0.05, 0.1) is 17.8 Å². The van der Waals surface area contributed by atoms with Gasteiger partial charge in [-0.05, 0) is 37.4 Å². The first-order valence-electron chi connectivity index (χ1n) is 6.84. The molecule has 1 N–H and O–H groups in total. The molecular formula is C16H19FN2OS. The number of nitrogens with zero attached hydrogens (tertiary/aromatic N) is 1. The van der Waals surface area contributed by atoms with E-state index in [1.807, 2.05) is 31.4 Å². The maximum absolute atomic E-state index is 13.8. The standard InChI is InChI=1S/C16H19FN2OS/c1-11(2)19(10-12-6-5-9-21-12)16(20)13-7-4-8-14(17)15(13)18-3/h4-9,11,18H,10H2,1-3H3. The summed E-state index contributed by atoms with van der Waals surface area (Å²) >= 11 is 1.61. The highest BCUT2D eigenvalue weighted by atomic mass is 32.1. The van der Waals surface area contributed by atoms with Crippen LogP contribution in [0.4, 0.5) is 10.1 Å². The zero-order chi connectivity index (χ0) is 15.4. The van der Waals surface area contributed by atoms with Crippen molar-refractivity contribution in [3.8, 4) is 0 Å². The number of para-hydroxylation sites is 1. The number of carbonyl (C=O) groups excluding carboxylic acids is 1. The molecule has 5 heteroatoms. The van der Waals surface area contributed by atoms with Crippen molar-refractivity contribution in [2.75, 3.05) is 12.4 Å². The number of benzene rings is 1. The molecule has 0 radical (unpaired) electrons. The maximum atomic E-state index is 13.8. The van der Waals surface area contributed by atoms with Crippen molar-refractivity contribution in [3.63, 3.8) is 0 Å². The van der Waals surface area contributed by atoms with Gasteiger partial charge in [-0.3, -0.25) is 4.79 Å². The molecule has 1 amide bonds. The predicted molar refractivity (Wildman–Crippen MR) is 85.3 cm³/mol. The molecular weight excluding hydrogens is 287 g/mol. The largest absolute Gasteiger partial charge is 0.385 e. The van der Waals surface area contributed by atoms with E-state index < -0.39 is 5.82 Å². The third-order valence-electron chi connectivity index (χ3n) is 3.28. The number of hydrogen-bond donors (Lipinski definition) is 1. The smallest absolute Gasteiger partial charge is 0.256 e. The van der Waals surface area contributed by atoms with Crippen molar-refractivity contribution in [3.05, 3.63) is 52.0 Å². The van der Waals surface area contributed by atoms with Gasteiger partial charge in [0.1, 0.15) is 5.82 Å². The lowest BCUT2D eigenvalue weighted by molar-refractivity contribution is 0.0693. The van der Waals surface area contributed by atoms with Crippen LogP contribution in [0.1, 0.15) is 29.1 Å². The van der Waals surface area contributed by atoms with E-state index in [0.717, 1.165) is 4.88 Å². The van der Waals surface area contributed by atoms with Crippen LogP contribution in [0, 0.1) is 5.82 Å². The molecule has 21 heavy (non-hydrogen) atoms. The SMILES string of the molecule is CNc1c(F)cccc1C(=O)N(Cc1cccs1)C(C)C. The average molecular weight is 306 g/mol. The van der Waals surface area contributed by atoms with Crippen molar-refractivity contribution < 1.29 is 9.18 Å². The fourth-order valence-electron chi connectivity index (χ4n) is 2.17. The lowest BCUT2D eigenvalue weighted by Crippen LogP contribution is -2.36. The van der Waals surface area contributed by atoms with Crippen LogP contribution in [0.5, 0.6) is 0 Å². The van der Waals surface area contributed by atoms with E-state index >= 15 is 0 Å². The Labute approximate surface area is 128 Å². The minimum Gasteiger partial charge on any atom is -0.385 e. The molecule has 0 aliphatic carbocycles. The van der Waals surface area contributed by atoms with E-state index in [9.17, 15) is 9.18 Å². The Hall–Kier alpha value is -1.88. The Balaban J connectivity index is 2.33.